The summed E-state index contributed by atoms with van der Waals surface area (Å²) in [4.78, 5) is 15.8. The van der Waals surface area contributed by atoms with Gasteiger partial charge < -0.3 is 5.32 Å². The number of benzene rings is 1. The number of rotatable bonds is 2. The van der Waals surface area contributed by atoms with E-state index in [4.69, 9.17) is 0 Å². The van der Waals surface area contributed by atoms with Crippen LogP contribution >= 0.6 is 0 Å². The third kappa shape index (κ3) is 3.34. The first-order chi connectivity index (χ1) is 9.36. The van der Waals surface area contributed by atoms with Crippen molar-refractivity contribution in [2.75, 3.05) is 5.32 Å². The van der Waals surface area contributed by atoms with Gasteiger partial charge in [-0.1, -0.05) is 0 Å². The van der Waals surface area contributed by atoms with Crippen LogP contribution in [0.5, 0.6) is 0 Å². The Bertz CT molecular complexity index is 621. The molecule has 2 aromatic rings. The van der Waals surface area contributed by atoms with Crippen LogP contribution in [0.1, 0.15) is 21.5 Å². The van der Waals surface area contributed by atoms with Gasteiger partial charge in [0.15, 0.2) is 0 Å². The molecule has 0 aliphatic carbocycles. The van der Waals surface area contributed by atoms with Crippen LogP contribution in [0, 0.1) is 6.92 Å². The van der Waals surface area contributed by atoms with Crippen molar-refractivity contribution < 1.29 is 18.0 Å². The topological polar surface area (TPSA) is 42.0 Å². The van der Waals surface area contributed by atoms with Gasteiger partial charge in [0.1, 0.15) is 0 Å². The number of carbonyl (C=O) groups is 1. The lowest BCUT2D eigenvalue weighted by molar-refractivity contribution is -0.137. The quantitative estimate of drug-likeness (QED) is 0.912. The SMILES string of the molecule is Cc1cncc(NC(=O)c2ccc(C(F)(F)F)cc2)c1. The molecular weight excluding hydrogens is 269 g/mol. The van der Waals surface area contributed by atoms with Crippen molar-refractivity contribution in [2.24, 2.45) is 0 Å². The second-order valence-corrected chi connectivity index (χ2v) is 4.28. The fraction of sp³-hybridized carbons (Fsp3) is 0.143. The molecule has 0 saturated carbocycles. The first kappa shape index (κ1) is 14.0. The molecule has 1 aromatic carbocycles. The number of carbonyl (C=O) groups excluding carboxylic acids is 1. The minimum Gasteiger partial charge on any atom is -0.321 e. The van der Waals surface area contributed by atoms with Crippen molar-refractivity contribution in [3.05, 3.63) is 59.4 Å². The Hall–Kier alpha value is -2.37. The Morgan fingerprint density at radius 1 is 1.15 bits per heavy atom. The normalized spacial score (nSPS) is 11.2. The van der Waals surface area contributed by atoms with Gasteiger partial charge in [-0.15, -0.1) is 0 Å². The van der Waals surface area contributed by atoms with Crippen LogP contribution in [0.2, 0.25) is 0 Å². The highest BCUT2D eigenvalue weighted by atomic mass is 19.4. The molecule has 1 heterocycles. The summed E-state index contributed by atoms with van der Waals surface area (Å²) in [5.41, 5.74) is 0.732. The summed E-state index contributed by atoms with van der Waals surface area (Å²) >= 11 is 0. The van der Waals surface area contributed by atoms with Gasteiger partial charge in [0, 0.05) is 11.8 Å². The van der Waals surface area contributed by atoms with Crippen molar-refractivity contribution in [3.8, 4) is 0 Å². The summed E-state index contributed by atoms with van der Waals surface area (Å²) in [5, 5.41) is 2.57. The van der Waals surface area contributed by atoms with E-state index in [1.807, 2.05) is 6.92 Å². The Morgan fingerprint density at radius 2 is 1.80 bits per heavy atom. The molecule has 20 heavy (non-hydrogen) atoms. The average Bonchev–Trinajstić information content (AvgIpc) is 2.38. The molecule has 0 aliphatic rings. The highest BCUT2D eigenvalue weighted by Crippen LogP contribution is 2.29. The molecule has 1 amide bonds. The van der Waals surface area contributed by atoms with Crippen LogP contribution in [-0.2, 0) is 6.18 Å². The van der Waals surface area contributed by atoms with Gasteiger partial charge in [0.05, 0.1) is 17.4 Å². The maximum atomic E-state index is 12.4. The van der Waals surface area contributed by atoms with Gasteiger partial charge in [-0.05, 0) is 42.8 Å². The molecule has 0 saturated heterocycles. The van der Waals surface area contributed by atoms with E-state index in [0.717, 1.165) is 29.8 Å². The number of amides is 1. The largest absolute Gasteiger partial charge is 0.416 e. The second kappa shape index (κ2) is 5.32. The zero-order valence-corrected chi connectivity index (χ0v) is 10.5. The highest BCUT2D eigenvalue weighted by molar-refractivity contribution is 6.04. The third-order valence-corrected chi connectivity index (χ3v) is 2.61. The Balaban J connectivity index is 2.14. The molecule has 104 valence electrons. The molecule has 6 heteroatoms. The fourth-order valence-corrected chi connectivity index (χ4v) is 1.64. The molecule has 1 N–H and O–H groups in total. The predicted octanol–water partition coefficient (Wildman–Crippen LogP) is 3.66. The minimum atomic E-state index is -4.41. The summed E-state index contributed by atoms with van der Waals surface area (Å²) in [6.45, 7) is 1.82. The standard InChI is InChI=1S/C14H11F3N2O/c1-9-6-12(8-18-7-9)19-13(20)10-2-4-11(5-3-10)14(15,16)17/h2-8H,1H3,(H,19,20). The van der Waals surface area contributed by atoms with Crippen molar-refractivity contribution in [2.45, 2.75) is 13.1 Å². The average molecular weight is 280 g/mol. The number of anilines is 1. The molecule has 3 nitrogen and oxygen atoms in total. The summed E-state index contributed by atoms with van der Waals surface area (Å²) in [6.07, 6.45) is -1.31. The molecule has 0 aliphatic heterocycles. The first-order valence-corrected chi connectivity index (χ1v) is 5.76. The molecule has 2 rings (SSSR count). The molecule has 0 unspecified atom stereocenters. The van der Waals surface area contributed by atoms with E-state index >= 15 is 0 Å². The molecule has 0 fully saturated rings. The van der Waals surface area contributed by atoms with Gasteiger partial charge in [-0.25, -0.2) is 0 Å². The number of aryl methyl sites for hydroxylation is 1. The van der Waals surface area contributed by atoms with Crippen molar-refractivity contribution in [3.63, 3.8) is 0 Å². The van der Waals surface area contributed by atoms with Gasteiger partial charge in [0.25, 0.3) is 5.91 Å². The molecule has 0 bridgehead atoms. The number of pyridine rings is 1. The van der Waals surface area contributed by atoms with Crippen LogP contribution < -0.4 is 5.32 Å². The minimum absolute atomic E-state index is 0.152. The van der Waals surface area contributed by atoms with Crippen molar-refractivity contribution >= 4 is 11.6 Å². The van der Waals surface area contributed by atoms with Gasteiger partial charge >= 0.3 is 6.18 Å². The van der Waals surface area contributed by atoms with E-state index < -0.39 is 17.6 Å². The van der Waals surface area contributed by atoms with Crippen LogP contribution in [0.4, 0.5) is 18.9 Å². The smallest absolute Gasteiger partial charge is 0.321 e. The van der Waals surface area contributed by atoms with Gasteiger partial charge in [-0.3, -0.25) is 9.78 Å². The summed E-state index contributed by atoms with van der Waals surface area (Å²) in [6, 6.07) is 5.75. The Labute approximate surface area is 113 Å². The number of nitrogens with zero attached hydrogens (tertiary/aromatic N) is 1. The van der Waals surface area contributed by atoms with E-state index in [1.165, 1.54) is 6.20 Å². The van der Waals surface area contributed by atoms with Crippen LogP contribution in [0.3, 0.4) is 0 Å². The fourth-order valence-electron chi connectivity index (χ4n) is 1.64. The predicted molar refractivity (Wildman–Crippen MR) is 68.4 cm³/mol. The maximum Gasteiger partial charge on any atom is 0.416 e. The van der Waals surface area contributed by atoms with Crippen LogP contribution in [0.25, 0.3) is 0 Å². The summed E-state index contributed by atoms with van der Waals surface area (Å²) < 4.78 is 37.2. The van der Waals surface area contributed by atoms with E-state index in [1.54, 1.807) is 12.3 Å². The molecular formula is C14H11F3N2O. The number of nitrogens with one attached hydrogen (secondary N) is 1. The maximum absolute atomic E-state index is 12.4. The van der Waals surface area contributed by atoms with E-state index in [0.29, 0.717) is 5.69 Å². The van der Waals surface area contributed by atoms with Gasteiger partial charge in [-0.2, -0.15) is 13.2 Å². The zero-order chi connectivity index (χ0) is 14.8. The lowest BCUT2D eigenvalue weighted by Gasteiger charge is -2.08. The molecule has 0 spiro atoms. The Kier molecular flexibility index (Phi) is 3.74. The van der Waals surface area contributed by atoms with Crippen molar-refractivity contribution in [1.82, 2.24) is 4.98 Å². The van der Waals surface area contributed by atoms with Gasteiger partial charge in [0.2, 0.25) is 0 Å². The number of hydrogen-bond acceptors (Lipinski definition) is 2. The molecule has 0 radical (unpaired) electrons. The number of hydrogen-bond donors (Lipinski definition) is 1. The second-order valence-electron chi connectivity index (χ2n) is 4.28. The van der Waals surface area contributed by atoms with E-state index in [-0.39, 0.29) is 5.56 Å². The molecule has 0 atom stereocenters. The summed E-state index contributed by atoms with van der Waals surface area (Å²) in [7, 11) is 0. The monoisotopic (exact) mass is 280 g/mol. The van der Waals surface area contributed by atoms with Crippen LogP contribution in [-0.4, -0.2) is 10.9 Å². The summed E-state index contributed by atoms with van der Waals surface area (Å²) in [5.74, 6) is -0.480. The zero-order valence-electron chi connectivity index (χ0n) is 10.5. The lowest BCUT2D eigenvalue weighted by Crippen LogP contribution is -2.13. The first-order valence-electron chi connectivity index (χ1n) is 5.76. The number of alkyl halides is 3. The molecule has 1 aromatic heterocycles. The highest BCUT2D eigenvalue weighted by Gasteiger charge is 2.30. The van der Waals surface area contributed by atoms with E-state index in [2.05, 4.69) is 10.3 Å². The van der Waals surface area contributed by atoms with Crippen LogP contribution in [0.15, 0.2) is 42.7 Å². The Morgan fingerprint density at radius 3 is 2.35 bits per heavy atom. The van der Waals surface area contributed by atoms with E-state index in [9.17, 15) is 18.0 Å². The van der Waals surface area contributed by atoms with Crippen molar-refractivity contribution in [1.29, 1.82) is 0 Å². The third-order valence-electron chi connectivity index (χ3n) is 2.61. The number of aromatic nitrogens is 1. The number of halogens is 3. The lowest BCUT2D eigenvalue weighted by atomic mass is 10.1.